The van der Waals surface area contributed by atoms with E-state index in [0.29, 0.717) is 16.5 Å². The van der Waals surface area contributed by atoms with Crippen LogP contribution in [0.2, 0.25) is 10.0 Å². The second-order valence-corrected chi connectivity index (χ2v) is 5.33. The van der Waals surface area contributed by atoms with Crippen LogP contribution in [0.1, 0.15) is 23.5 Å². The molecule has 0 fully saturated rings. The average molecular weight is 308 g/mol. The van der Waals surface area contributed by atoms with E-state index in [0.717, 1.165) is 11.1 Å². The molecule has 1 atom stereocenters. The molecule has 20 heavy (non-hydrogen) atoms. The number of rotatable bonds is 4. The first kappa shape index (κ1) is 14.9. The van der Waals surface area contributed by atoms with Gasteiger partial charge in [0.2, 0.25) is 5.91 Å². The van der Waals surface area contributed by atoms with E-state index in [1.165, 1.54) is 0 Å². The first-order valence-electron chi connectivity index (χ1n) is 6.32. The van der Waals surface area contributed by atoms with Crippen molar-refractivity contribution in [3.8, 4) is 0 Å². The van der Waals surface area contributed by atoms with Gasteiger partial charge in [0, 0.05) is 19.4 Å². The highest BCUT2D eigenvalue weighted by Gasteiger charge is 2.18. The van der Waals surface area contributed by atoms with Crippen molar-refractivity contribution < 1.29 is 4.79 Å². The molecule has 1 amide bonds. The van der Waals surface area contributed by atoms with Crippen molar-refractivity contribution in [2.45, 2.75) is 12.3 Å². The zero-order valence-electron chi connectivity index (χ0n) is 11.1. The lowest BCUT2D eigenvalue weighted by molar-refractivity contribution is -0.120. The van der Waals surface area contributed by atoms with Gasteiger partial charge in [-0.15, -0.1) is 0 Å². The van der Waals surface area contributed by atoms with Crippen LogP contribution >= 0.6 is 23.2 Å². The Labute approximate surface area is 128 Å². The third-order valence-electron chi connectivity index (χ3n) is 3.22. The second kappa shape index (κ2) is 6.78. The Morgan fingerprint density at radius 1 is 1.05 bits per heavy atom. The summed E-state index contributed by atoms with van der Waals surface area (Å²) in [6, 6.07) is 15.4. The van der Waals surface area contributed by atoms with E-state index in [9.17, 15) is 4.79 Å². The molecular weight excluding hydrogens is 293 g/mol. The SMILES string of the molecule is CNC(=O)CC(c1ccccc1)c1ccc(Cl)c(Cl)c1. The molecule has 0 spiro atoms. The summed E-state index contributed by atoms with van der Waals surface area (Å²) < 4.78 is 0. The summed E-state index contributed by atoms with van der Waals surface area (Å²) in [5, 5.41) is 3.68. The minimum atomic E-state index is -0.0362. The van der Waals surface area contributed by atoms with Gasteiger partial charge in [-0.1, -0.05) is 59.6 Å². The van der Waals surface area contributed by atoms with Gasteiger partial charge in [-0.2, -0.15) is 0 Å². The Morgan fingerprint density at radius 2 is 1.75 bits per heavy atom. The molecule has 2 aromatic rings. The second-order valence-electron chi connectivity index (χ2n) is 4.51. The van der Waals surface area contributed by atoms with Crippen LogP contribution < -0.4 is 5.32 Å². The van der Waals surface area contributed by atoms with Gasteiger partial charge < -0.3 is 5.32 Å². The van der Waals surface area contributed by atoms with Gasteiger partial charge in [0.25, 0.3) is 0 Å². The normalized spacial score (nSPS) is 11.9. The number of carbonyl (C=O) groups excluding carboxylic acids is 1. The number of benzene rings is 2. The predicted octanol–water partition coefficient (Wildman–Crippen LogP) is 4.26. The van der Waals surface area contributed by atoms with Gasteiger partial charge in [0.05, 0.1) is 10.0 Å². The topological polar surface area (TPSA) is 29.1 Å². The van der Waals surface area contributed by atoms with E-state index in [4.69, 9.17) is 23.2 Å². The Hall–Kier alpha value is -1.51. The lowest BCUT2D eigenvalue weighted by Gasteiger charge is -2.18. The van der Waals surface area contributed by atoms with Crippen LogP contribution in [0.25, 0.3) is 0 Å². The standard InChI is InChI=1S/C16H15Cl2NO/c1-19-16(20)10-13(11-5-3-2-4-6-11)12-7-8-14(17)15(18)9-12/h2-9,13H,10H2,1H3,(H,19,20). The maximum Gasteiger partial charge on any atom is 0.220 e. The Morgan fingerprint density at radius 3 is 2.35 bits per heavy atom. The molecule has 0 saturated heterocycles. The van der Waals surface area contributed by atoms with Crippen LogP contribution in [0.5, 0.6) is 0 Å². The third-order valence-corrected chi connectivity index (χ3v) is 3.96. The Bertz CT molecular complexity index is 599. The average Bonchev–Trinajstić information content (AvgIpc) is 2.48. The lowest BCUT2D eigenvalue weighted by Crippen LogP contribution is -2.21. The van der Waals surface area contributed by atoms with E-state index >= 15 is 0 Å². The number of amides is 1. The van der Waals surface area contributed by atoms with E-state index < -0.39 is 0 Å². The van der Waals surface area contributed by atoms with Crippen LogP contribution in [-0.2, 0) is 4.79 Å². The highest BCUT2D eigenvalue weighted by molar-refractivity contribution is 6.42. The fourth-order valence-electron chi connectivity index (χ4n) is 2.13. The molecule has 1 unspecified atom stereocenters. The third kappa shape index (κ3) is 3.53. The fourth-order valence-corrected chi connectivity index (χ4v) is 2.44. The molecule has 2 rings (SSSR count). The molecule has 0 aromatic heterocycles. The highest BCUT2D eigenvalue weighted by Crippen LogP contribution is 2.32. The monoisotopic (exact) mass is 307 g/mol. The Kier molecular flexibility index (Phi) is 5.05. The summed E-state index contributed by atoms with van der Waals surface area (Å²) in [4.78, 5) is 11.8. The Balaban J connectivity index is 2.40. The lowest BCUT2D eigenvalue weighted by atomic mass is 9.88. The molecule has 1 N–H and O–H groups in total. The van der Waals surface area contributed by atoms with Crippen LogP contribution in [0.15, 0.2) is 48.5 Å². The summed E-state index contributed by atoms with van der Waals surface area (Å²) in [5.41, 5.74) is 2.06. The van der Waals surface area contributed by atoms with Gasteiger partial charge in [0.1, 0.15) is 0 Å². The van der Waals surface area contributed by atoms with Gasteiger partial charge in [-0.3, -0.25) is 4.79 Å². The van der Waals surface area contributed by atoms with Crippen molar-refractivity contribution in [3.05, 3.63) is 69.7 Å². The summed E-state index contributed by atoms with van der Waals surface area (Å²) in [7, 11) is 1.64. The fraction of sp³-hybridized carbons (Fsp3) is 0.188. The van der Waals surface area contributed by atoms with Crippen LogP contribution in [-0.4, -0.2) is 13.0 Å². The zero-order valence-corrected chi connectivity index (χ0v) is 12.6. The van der Waals surface area contributed by atoms with Crippen LogP contribution in [0.4, 0.5) is 0 Å². The van der Waals surface area contributed by atoms with Crippen molar-refractivity contribution in [2.75, 3.05) is 7.05 Å². The molecule has 0 aliphatic heterocycles. The van der Waals surface area contributed by atoms with E-state index in [1.54, 1.807) is 13.1 Å². The quantitative estimate of drug-likeness (QED) is 0.898. The number of carbonyl (C=O) groups is 1. The number of nitrogens with one attached hydrogen (secondary N) is 1. The predicted molar refractivity (Wildman–Crippen MR) is 83.4 cm³/mol. The van der Waals surface area contributed by atoms with Crippen molar-refractivity contribution >= 4 is 29.1 Å². The summed E-state index contributed by atoms with van der Waals surface area (Å²) >= 11 is 12.0. The molecule has 0 bridgehead atoms. The van der Waals surface area contributed by atoms with Crippen molar-refractivity contribution in [2.24, 2.45) is 0 Å². The maximum absolute atomic E-state index is 11.8. The van der Waals surface area contributed by atoms with E-state index in [1.807, 2.05) is 42.5 Å². The summed E-state index contributed by atoms with van der Waals surface area (Å²) in [6.07, 6.45) is 0.373. The van der Waals surface area contributed by atoms with Gasteiger partial charge in [-0.25, -0.2) is 0 Å². The molecule has 104 valence electrons. The minimum Gasteiger partial charge on any atom is -0.359 e. The highest BCUT2D eigenvalue weighted by atomic mass is 35.5. The molecule has 0 heterocycles. The number of halogens is 2. The van der Waals surface area contributed by atoms with Crippen LogP contribution in [0.3, 0.4) is 0 Å². The van der Waals surface area contributed by atoms with E-state index in [2.05, 4.69) is 5.32 Å². The first-order chi connectivity index (χ1) is 9.61. The molecular formula is C16H15Cl2NO. The van der Waals surface area contributed by atoms with Crippen LogP contribution in [0, 0.1) is 0 Å². The number of hydrogen-bond acceptors (Lipinski definition) is 1. The molecule has 0 aliphatic rings. The maximum atomic E-state index is 11.8. The molecule has 2 aromatic carbocycles. The molecule has 0 aliphatic carbocycles. The van der Waals surface area contributed by atoms with Crippen molar-refractivity contribution in [1.29, 1.82) is 0 Å². The summed E-state index contributed by atoms with van der Waals surface area (Å²) in [6.45, 7) is 0. The minimum absolute atomic E-state index is 0.00933. The number of hydrogen-bond donors (Lipinski definition) is 1. The summed E-state index contributed by atoms with van der Waals surface area (Å²) in [5.74, 6) is -0.0455. The molecule has 2 nitrogen and oxygen atoms in total. The molecule has 0 radical (unpaired) electrons. The first-order valence-corrected chi connectivity index (χ1v) is 7.08. The molecule has 4 heteroatoms. The van der Waals surface area contributed by atoms with E-state index in [-0.39, 0.29) is 11.8 Å². The molecule has 0 saturated carbocycles. The van der Waals surface area contributed by atoms with Gasteiger partial charge in [0.15, 0.2) is 0 Å². The van der Waals surface area contributed by atoms with Gasteiger partial charge >= 0.3 is 0 Å². The smallest absolute Gasteiger partial charge is 0.220 e. The van der Waals surface area contributed by atoms with Gasteiger partial charge in [-0.05, 0) is 23.3 Å². The van der Waals surface area contributed by atoms with Crippen molar-refractivity contribution in [1.82, 2.24) is 5.32 Å². The van der Waals surface area contributed by atoms with Crippen molar-refractivity contribution in [3.63, 3.8) is 0 Å². The zero-order chi connectivity index (χ0) is 14.5. The largest absolute Gasteiger partial charge is 0.359 e.